The number of rotatable bonds is 3. The molecule has 0 unspecified atom stereocenters. The zero-order valence-electron chi connectivity index (χ0n) is 10.9. The molecule has 0 spiro atoms. The molecule has 0 radical (unpaired) electrons. The number of hydrogen-bond acceptors (Lipinski definition) is 3. The Balaban J connectivity index is 2.43. The Morgan fingerprint density at radius 3 is 2.50 bits per heavy atom. The first kappa shape index (κ1) is 14.9. The van der Waals surface area contributed by atoms with Gasteiger partial charge < -0.3 is 5.11 Å². The number of aliphatic hydroxyl groups excluding tert-OH is 1. The predicted octanol–water partition coefficient (Wildman–Crippen LogP) is 3.39. The van der Waals surface area contributed by atoms with E-state index in [9.17, 15) is 13.2 Å². The highest BCUT2D eigenvalue weighted by atomic mass is 32.2. The van der Waals surface area contributed by atoms with Gasteiger partial charge in [-0.1, -0.05) is 17.8 Å². The first-order valence-corrected chi connectivity index (χ1v) is 6.62. The van der Waals surface area contributed by atoms with Crippen LogP contribution in [0.25, 0.3) is 0 Å². The molecular formula is C13H13F3N2OS. The summed E-state index contributed by atoms with van der Waals surface area (Å²) in [6, 6.07) is 5.57. The molecule has 0 saturated carbocycles. The van der Waals surface area contributed by atoms with Crippen LogP contribution < -0.4 is 0 Å². The van der Waals surface area contributed by atoms with E-state index in [1.807, 2.05) is 0 Å². The Hall–Kier alpha value is -1.47. The van der Waals surface area contributed by atoms with Crippen molar-refractivity contribution in [1.29, 1.82) is 0 Å². The van der Waals surface area contributed by atoms with Crippen LogP contribution in [-0.2, 0) is 19.8 Å². The van der Waals surface area contributed by atoms with Crippen molar-refractivity contribution in [2.45, 2.75) is 29.6 Å². The van der Waals surface area contributed by atoms with Gasteiger partial charge in [0.1, 0.15) is 0 Å². The van der Waals surface area contributed by atoms with E-state index in [0.29, 0.717) is 5.03 Å². The number of halogens is 3. The van der Waals surface area contributed by atoms with Gasteiger partial charge >= 0.3 is 6.18 Å². The molecule has 108 valence electrons. The van der Waals surface area contributed by atoms with Crippen LogP contribution in [0.5, 0.6) is 0 Å². The maximum Gasteiger partial charge on any atom is 0.417 e. The number of alkyl halides is 3. The van der Waals surface area contributed by atoms with E-state index in [2.05, 4.69) is 5.10 Å². The second-order valence-corrected chi connectivity index (χ2v) is 5.40. The Kier molecular flexibility index (Phi) is 4.10. The minimum atomic E-state index is -4.46. The number of aromatic nitrogens is 2. The molecule has 0 aliphatic rings. The van der Waals surface area contributed by atoms with E-state index in [4.69, 9.17) is 5.11 Å². The van der Waals surface area contributed by atoms with Crippen LogP contribution in [0.15, 0.2) is 34.2 Å². The Morgan fingerprint density at radius 2 is 2.00 bits per heavy atom. The van der Waals surface area contributed by atoms with Crippen LogP contribution in [-0.4, -0.2) is 14.9 Å². The minimum absolute atomic E-state index is 0.0951. The van der Waals surface area contributed by atoms with Gasteiger partial charge in [-0.05, 0) is 30.7 Å². The van der Waals surface area contributed by atoms with Gasteiger partial charge in [-0.3, -0.25) is 4.68 Å². The lowest BCUT2D eigenvalue weighted by Crippen LogP contribution is -2.08. The van der Waals surface area contributed by atoms with Crippen molar-refractivity contribution >= 4 is 11.8 Å². The van der Waals surface area contributed by atoms with Crippen molar-refractivity contribution in [2.24, 2.45) is 7.05 Å². The summed E-state index contributed by atoms with van der Waals surface area (Å²) in [5, 5.41) is 13.7. The highest BCUT2D eigenvalue weighted by Crippen LogP contribution is 2.40. The molecule has 1 heterocycles. The third-order valence-corrected chi connectivity index (χ3v) is 3.87. The number of aliphatic hydroxyl groups is 1. The minimum Gasteiger partial charge on any atom is -0.392 e. The highest BCUT2D eigenvalue weighted by molar-refractivity contribution is 7.99. The molecule has 0 aliphatic carbocycles. The van der Waals surface area contributed by atoms with Gasteiger partial charge in [-0.25, -0.2) is 0 Å². The Labute approximate surface area is 118 Å². The van der Waals surface area contributed by atoms with Crippen molar-refractivity contribution in [3.8, 4) is 0 Å². The SMILES string of the molecule is Cc1cc(Sc2ccc(CO)cc2C(F)(F)F)n(C)n1. The van der Waals surface area contributed by atoms with E-state index in [0.717, 1.165) is 23.5 Å². The largest absolute Gasteiger partial charge is 0.417 e. The van der Waals surface area contributed by atoms with Crippen LogP contribution in [0, 0.1) is 6.92 Å². The van der Waals surface area contributed by atoms with Gasteiger partial charge in [0.15, 0.2) is 0 Å². The molecule has 1 aromatic heterocycles. The summed E-state index contributed by atoms with van der Waals surface area (Å²) in [7, 11) is 1.69. The maximum absolute atomic E-state index is 13.1. The molecule has 0 bridgehead atoms. The summed E-state index contributed by atoms with van der Waals surface area (Å²) in [6.07, 6.45) is -4.46. The lowest BCUT2D eigenvalue weighted by molar-refractivity contribution is -0.139. The molecule has 2 aromatic rings. The van der Waals surface area contributed by atoms with Gasteiger partial charge in [0, 0.05) is 11.9 Å². The Morgan fingerprint density at radius 1 is 1.30 bits per heavy atom. The van der Waals surface area contributed by atoms with Gasteiger partial charge in [0.05, 0.1) is 22.9 Å². The molecule has 2 rings (SSSR count). The van der Waals surface area contributed by atoms with Crippen LogP contribution in [0.3, 0.4) is 0 Å². The molecule has 3 nitrogen and oxygen atoms in total. The van der Waals surface area contributed by atoms with Crippen molar-refractivity contribution in [2.75, 3.05) is 0 Å². The first-order chi connectivity index (χ1) is 9.31. The molecule has 20 heavy (non-hydrogen) atoms. The monoisotopic (exact) mass is 302 g/mol. The molecular weight excluding hydrogens is 289 g/mol. The van der Waals surface area contributed by atoms with E-state index >= 15 is 0 Å². The number of hydrogen-bond donors (Lipinski definition) is 1. The number of aryl methyl sites for hydroxylation is 2. The average molecular weight is 302 g/mol. The second kappa shape index (κ2) is 5.49. The number of benzene rings is 1. The molecule has 7 heteroatoms. The summed E-state index contributed by atoms with van der Waals surface area (Å²) >= 11 is 1.01. The van der Waals surface area contributed by atoms with Crippen molar-refractivity contribution in [3.63, 3.8) is 0 Å². The predicted molar refractivity (Wildman–Crippen MR) is 69.4 cm³/mol. The molecule has 0 saturated heterocycles. The average Bonchev–Trinajstić information content (AvgIpc) is 2.67. The smallest absolute Gasteiger partial charge is 0.392 e. The maximum atomic E-state index is 13.1. The number of nitrogens with zero attached hydrogens (tertiary/aromatic N) is 2. The standard InChI is InChI=1S/C13H13F3N2OS/c1-8-5-12(18(2)17-8)20-11-4-3-9(7-19)6-10(11)13(14,15)16/h3-6,19H,7H2,1-2H3. The van der Waals surface area contributed by atoms with Crippen LogP contribution >= 0.6 is 11.8 Å². The van der Waals surface area contributed by atoms with E-state index < -0.39 is 18.3 Å². The fraction of sp³-hybridized carbons (Fsp3) is 0.308. The first-order valence-electron chi connectivity index (χ1n) is 5.80. The lowest BCUT2D eigenvalue weighted by Gasteiger charge is -2.13. The van der Waals surface area contributed by atoms with Gasteiger partial charge in [0.2, 0.25) is 0 Å². The van der Waals surface area contributed by atoms with Gasteiger partial charge in [0.25, 0.3) is 0 Å². The molecule has 0 fully saturated rings. The summed E-state index contributed by atoms with van der Waals surface area (Å²) < 4.78 is 40.7. The van der Waals surface area contributed by atoms with Crippen LogP contribution in [0.1, 0.15) is 16.8 Å². The third-order valence-electron chi connectivity index (χ3n) is 2.71. The van der Waals surface area contributed by atoms with E-state index in [1.54, 1.807) is 24.7 Å². The quantitative estimate of drug-likeness (QED) is 0.944. The van der Waals surface area contributed by atoms with E-state index in [-0.39, 0.29) is 10.5 Å². The van der Waals surface area contributed by atoms with Crippen LogP contribution in [0.2, 0.25) is 0 Å². The zero-order chi connectivity index (χ0) is 14.9. The summed E-state index contributed by atoms with van der Waals surface area (Å²) in [4.78, 5) is 0.0951. The van der Waals surface area contributed by atoms with Crippen LogP contribution in [0.4, 0.5) is 13.2 Å². The summed E-state index contributed by atoms with van der Waals surface area (Å²) in [5.41, 5.74) is 0.242. The molecule has 0 amide bonds. The highest BCUT2D eigenvalue weighted by Gasteiger charge is 2.34. The van der Waals surface area contributed by atoms with Crippen molar-refractivity contribution < 1.29 is 18.3 Å². The molecule has 1 N–H and O–H groups in total. The normalized spacial score (nSPS) is 11.9. The lowest BCUT2D eigenvalue weighted by atomic mass is 10.1. The molecule has 1 aromatic carbocycles. The Bertz CT molecular complexity index is 623. The third kappa shape index (κ3) is 3.16. The summed E-state index contributed by atoms with van der Waals surface area (Å²) in [5.74, 6) is 0. The van der Waals surface area contributed by atoms with Crippen molar-refractivity contribution in [3.05, 3.63) is 41.1 Å². The topological polar surface area (TPSA) is 38.0 Å². The fourth-order valence-corrected chi connectivity index (χ4v) is 2.83. The fourth-order valence-electron chi connectivity index (χ4n) is 1.78. The van der Waals surface area contributed by atoms with Gasteiger partial charge in [-0.2, -0.15) is 18.3 Å². The second-order valence-electron chi connectivity index (χ2n) is 4.34. The molecule has 0 atom stereocenters. The molecule has 0 aliphatic heterocycles. The zero-order valence-corrected chi connectivity index (χ0v) is 11.7. The van der Waals surface area contributed by atoms with E-state index in [1.165, 1.54) is 12.1 Å². The van der Waals surface area contributed by atoms with Gasteiger partial charge in [-0.15, -0.1) is 0 Å². The van der Waals surface area contributed by atoms with Crippen molar-refractivity contribution in [1.82, 2.24) is 9.78 Å². The summed E-state index contributed by atoms with van der Waals surface area (Å²) in [6.45, 7) is 1.36.